The molecule has 0 unspecified atom stereocenters. The van der Waals surface area contributed by atoms with Crippen LogP contribution in [0.25, 0.3) is 0 Å². The van der Waals surface area contributed by atoms with E-state index >= 15 is 0 Å². The van der Waals surface area contributed by atoms with E-state index in [0.29, 0.717) is 6.54 Å². The van der Waals surface area contributed by atoms with E-state index in [4.69, 9.17) is 11.5 Å². The average Bonchev–Trinajstić information content (AvgIpc) is 2.37. The van der Waals surface area contributed by atoms with Gasteiger partial charge in [-0.2, -0.15) is 11.3 Å². The molecule has 0 amide bonds. The number of nitrogens with two attached hydrogens (primary N) is 2. The fourth-order valence-electron chi connectivity index (χ4n) is 0.622. The lowest BCUT2D eigenvalue weighted by atomic mass is 10.2. The van der Waals surface area contributed by atoms with Crippen molar-refractivity contribution in [2.24, 2.45) is 11.5 Å². The molecule has 1 rings (SSSR count). The van der Waals surface area contributed by atoms with Gasteiger partial charge in [-0.3, -0.25) is 0 Å². The molecule has 0 saturated heterocycles. The molecule has 2 nitrogen and oxygen atoms in total. The molecule has 0 aliphatic rings. The second kappa shape index (κ2) is 4.68. The van der Waals surface area contributed by atoms with Crippen molar-refractivity contribution in [3.8, 4) is 0 Å². The molecule has 0 spiro atoms. The van der Waals surface area contributed by atoms with Gasteiger partial charge in [-0.1, -0.05) is 0 Å². The molecule has 0 radical (unpaired) electrons. The highest BCUT2D eigenvalue weighted by Crippen LogP contribution is 2.11. The first kappa shape index (κ1) is 9.91. The molecule has 0 aliphatic heterocycles. The molecule has 0 saturated carbocycles. The third-order valence-corrected chi connectivity index (χ3v) is 1.93. The summed E-state index contributed by atoms with van der Waals surface area (Å²) in [5.74, 6) is 0. The highest BCUT2D eigenvalue weighted by Gasteiger charge is 2.00. The molecular formula is C6H11ClN2S. The minimum absolute atomic E-state index is 0. The van der Waals surface area contributed by atoms with Crippen LogP contribution in [-0.4, -0.2) is 6.54 Å². The minimum Gasteiger partial charge on any atom is -0.329 e. The highest BCUT2D eigenvalue weighted by atomic mass is 35.5. The summed E-state index contributed by atoms with van der Waals surface area (Å²) >= 11 is 1.65. The van der Waals surface area contributed by atoms with Crippen molar-refractivity contribution in [2.45, 2.75) is 6.04 Å². The fourth-order valence-corrected chi connectivity index (χ4v) is 1.35. The molecule has 0 bridgehead atoms. The van der Waals surface area contributed by atoms with Crippen molar-refractivity contribution < 1.29 is 0 Å². The van der Waals surface area contributed by atoms with Gasteiger partial charge in [0.25, 0.3) is 0 Å². The zero-order valence-electron chi connectivity index (χ0n) is 5.49. The van der Waals surface area contributed by atoms with Crippen LogP contribution < -0.4 is 11.5 Å². The SMILES string of the molecule is Cl.NC[C@@H](N)c1ccsc1. The first-order chi connectivity index (χ1) is 4.34. The number of hydrogen-bond acceptors (Lipinski definition) is 3. The lowest BCUT2D eigenvalue weighted by Gasteiger charge is -2.03. The summed E-state index contributed by atoms with van der Waals surface area (Å²) in [5, 5.41) is 4.03. The van der Waals surface area contributed by atoms with Crippen LogP contribution in [0.3, 0.4) is 0 Å². The summed E-state index contributed by atoms with van der Waals surface area (Å²) in [6.07, 6.45) is 0. The van der Waals surface area contributed by atoms with E-state index < -0.39 is 0 Å². The van der Waals surface area contributed by atoms with Crippen molar-refractivity contribution in [3.05, 3.63) is 22.4 Å². The molecule has 1 aromatic heterocycles. The van der Waals surface area contributed by atoms with Crippen LogP contribution >= 0.6 is 23.7 Å². The maximum absolute atomic E-state index is 5.62. The quantitative estimate of drug-likeness (QED) is 0.714. The second-order valence-electron chi connectivity index (χ2n) is 1.90. The van der Waals surface area contributed by atoms with E-state index in [9.17, 15) is 0 Å². The van der Waals surface area contributed by atoms with Gasteiger partial charge in [0.1, 0.15) is 0 Å². The third-order valence-electron chi connectivity index (χ3n) is 1.23. The van der Waals surface area contributed by atoms with Gasteiger partial charge >= 0.3 is 0 Å². The van der Waals surface area contributed by atoms with Crippen LogP contribution in [0.1, 0.15) is 11.6 Å². The molecule has 1 aromatic rings. The zero-order chi connectivity index (χ0) is 6.69. The summed E-state index contributed by atoms with van der Waals surface area (Å²) in [5.41, 5.74) is 12.1. The first-order valence-corrected chi connectivity index (χ1v) is 3.76. The second-order valence-corrected chi connectivity index (χ2v) is 2.68. The van der Waals surface area contributed by atoms with E-state index in [0.717, 1.165) is 5.56 Å². The Hall–Kier alpha value is -0.0900. The van der Waals surface area contributed by atoms with Crippen LogP contribution in [0.5, 0.6) is 0 Å². The van der Waals surface area contributed by atoms with Crippen LogP contribution in [0.2, 0.25) is 0 Å². The highest BCUT2D eigenvalue weighted by molar-refractivity contribution is 7.07. The van der Waals surface area contributed by atoms with Crippen molar-refractivity contribution in [2.75, 3.05) is 6.54 Å². The summed E-state index contributed by atoms with van der Waals surface area (Å²) in [6.45, 7) is 0.525. The first-order valence-electron chi connectivity index (χ1n) is 2.82. The van der Waals surface area contributed by atoms with Crippen LogP contribution in [0.15, 0.2) is 16.8 Å². The Morgan fingerprint density at radius 1 is 1.60 bits per heavy atom. The topological polar surface area (TPSA) is 52.0 Å². The molecule has 10 heavy (non-hydrogen) atoms. The Kier molecular flexibility index (Phi) is 4.64. The van der Waals surface area contributed by atoms with Gasteiger partial charge in [-0.25, -0.2) is 0 Å². The third kappa shape index (κ3) is 2.27. The Balaban J connectivity index is 0.000000810. The van der Waals surface area contributed by atoms with E-state index in [2.05, 4.69) is 0 Å². The minimum atomic E-state index is 0. The smallest absolute Gasteiger partial charge is 0.0427 e. The molecular weight excluding hydrogens is 168 g/mol. The number of hydrogen-bond donors (Lipinski definition) is 2. The predicted molar refractivity (Wildman–Crippen MR) is 47.5 cm³/mol. The number of thiophene rings is 1. The Bertz CT molecular complexity index is 164. The molecule has 58 valence electrons. The van der Waals surface area contributed by atoms with Gasteiger partial charge < -0.3 is 11.5 Å². The summed E-state index contributed by atoms with van der Waals surface area (Å²) in [6, 6.07) is 2.03. The van der Waals surface area contributed by atoms with Gasteiger partial charge in [0.05, 0.1) is 0 Å². The number of rotatable bonds is 2. The van der Waals surface area contributed by atoms with Crippen molar-refractivity contribution in [3.63, 3.8) is 0 Å². The van der Waals surface area contributed by atoms with Gasteiger partial charge in [0, 0.05) is 12.6 Å². The molecule has 0 aromatic carbocycles. The molecule has 1 heterocycles. The Morgan fingerprint density at radius 2 is 2.30 bits per heavy atom. The Morgan fingerprint density at radius 3 is 2.70 bits per heavy atom. The summed E-state index contributed by atoms with van der Waals surface area (Å²) in [4.78, 5) is 0. The van der Waals surface area contributed by atoms with E-state index in [1.165, 1.54) is 0 Å². The Labute approximate surface area is 70.6 Å². The predicted octanol–water partition coefficient (Wildman–Crippen LogP) is 1.13. The van der Waals surface area contributed by atoms with Crippen LogP contribution in [0, 0.1) is 0 Å². The number of halogens is 1. The van der Waals surface area contributed by atoms with Gasteiger partial charge in [0.2, 0.25) is 0 Å². The van der Waals surface area contributed by atoms with Crippen molar-refractivity contribution >= 4 is 23.7 Å². The molecule has 4 N–H and O–H groups in total. The normalized spacial score (nSPS) is 12.2. The van der Waals surface area contributed by atoms with Gasteiger partial charge in [0.15, 0.2) is 0 Å². The van der Waals surface area contributed by atoms with Crippen LogP contribution in [0.4, 0.5) is 0 Å². The molecule has 0 aliphatic carbocycles. The molecule has 4 heteroatoms. The molecule has 0 fully saturated rings. The van der Waals surface area contributed by atoms with Gasteiger partial charge in [-0.05, 0) is 22.4 Å². The van der Waals surface area contributed by atoms with E-state index in [1.807, 2.05) is 16.8 Å². The molecule has 1 atom stereocenters. The lowest BCUT2D eigenvalue weighted by Crippen LogP contribution is -2.19. The zero-order valence-corrected chi connectivity index (χ0v) is 7.12. The van der Waals surface area contributed by atoms with Crippen LogP contribution in [-0.2, 0) is 0 Å². The van der Waals surface area contributed by atoms with E-state index in [-0.39, 0.29) is 18.4 Å². The largest absolute Gasteiger partial charge is 0.329 e. The van der Waals surface area contributed by atoms with Crippen molar-refractivity contribution in [1.82, 2.24) is 0 Å². The summed E-state index contributed by atoms with van der Waals surface area (Å²) in [7, 11) is 0. The maximum Gasteiger partial charge on any atom is 0.0427 e. The standard InChI is InChI=1S/C6H10N2S.ClH/c7-3-6(8)5-1-2-9-4-5;/h1-2,4,6H,3,7-8H2;1H/t6-;/m1./s1. The monoisotopic (exact) mass is 178 g/mol. The maximum atomic E-state index is 5.62. The fraction of sp³-hybridized carbons (Fsp3) is 0.333. The lowest BCUT2D eigenvalue weighted by molar-refractivity contribution is 0.740. The van der Waals surface area contributed by atoms with Gasteiger partial charge in [-0.15, -0.1) is 12.4 Å². The average molecular weight is 179 g/mol. The van der Waals surface area contributed by atoms with E-state index in [1.54, 1.807) is 11.3 Å². The summed E-state index contributed by atoms with van der Waals surface area (Å²) < 4.78 is 0. The van der Waals surface area contributed by atoms with Crippen molar-refractivity contribution in [1.29, 1.82) is 0 Å².